The maximum Gasteiger partial charge on any atom is 0.129 e. The third-order valence-electron chi connectivity index (χ3n) is 3.39. The summed E-state index contributed by atoms with van der Waals surface area (Å²) >= 11 is 0. The highest BCUT2D eigenvalue weighted by Gasteiger charge is 2.28. The van der Waals surface area contributed by atoms with E-state index in [0.717, 1.165) is 0 Å². The number of likely N-dealkylation sites (N-methyl/N-ethyl adjacent to an activating group) is 1. The Hall–Kier alpha value is -1.90. The molecule has 1 aliphatic rings. The number of nitrogens with one attached hydrogen (secondary N) is 1. The molecule has 19 heavy (non-hydrogen) atoms. The minimum atomic E-state index is -0.0274. The second-order valence-corrected chi connectivity index (χ2v) is 4.62. The second kappa shape index (κ2) is 5.39. The summed E-state index contributed by atoms with van der Waals surface area (Å²) < 4.78 is 6.06. The number of benzene rings is 2. The molecule has 3 rings (SSSR count). The third kappa shape index (κ3) is 2.46. The Kier molecular flexibility index (Phi) is 3.45. The zero-order chi connectivity index (χ0) is 13.1. The fourth-order valence-electron chi connectivity index (χ4n) is 2.43. The molecular weight excluding hydrogens is 234 g/mol. The summed E-state index contributed by atoms with van der Waals surface area (Å²) in [6.07, 6.45) is 2.13. The summed E-state index contributed by atoms with van der Waals surface area (Å²) in [5.41, 5.74) is 3.63. The van der Waals surface area contributed by atoms with Crippen LogP contribution in [0, 0.1) is 0 Å². The average molecular weight is 251 g/mol. The van der Waals surface area contributed by atoms with E-state index in [1.165, 1.54) is 16.7 Å². The van der Waals surface area contributed by atoms with Gasteiger partial charge in [-0.15, -0.1) is 0 Å². The van der Waals surface area contributed by atoms with Crippen LogP contribution in [0.25, 0.3) is 5.57 Å². The van der Waals surface area contributed by atoms with Gasteiger partial charge < -0.3 is 4.74 Å². The highest BCUT2D eigenvalue weighted by Crippen LogP contribution is 2.38. The molecule has 2 unspecified atom stereocenters. The van der Waals surface area contributed by atoms with Crippen LogP contribution in [-0.2, 0) is 4.74 Å². The lowest BCUT2D eigenvalue weighted by Gasteiger charge is -2.17. The van der Waals surface area contributed by atoms with Crippen LogP contribution in [0.15, 0.2) is 66.7 Å². The van der Waals surface area contributed by atoms with Crippen molar-refractivity contribution in [2.24, 2.45) is 0 Å². The molecule has 2 aromatic carbocycles. The van der Waals surface area contributed by atoms with Crippen molar-refractivity contribution >= 4 is 5.57 Å². The van der Waals surface area contributed by atoms with Crippen molar-refractivity contribution in [3.8, 4) is 0 Å². The Morgan fingerprint density at radius 1 is 0.895 bits per heavy atom. The van der Waals surface area contributed by atoms with E-state index in [-0.39, 0.29) is 12.3 Å². The monoisotopic (exact) mass is 251 g/mol. The van der Waals surface area contributed by atoms with E-state index < -0.39 is 0 Å². The van der Waals surface area contributed by atoms with Crippen molar-refractivity contribution in [2.45, 2.75) is 12.3 Å². The highest BCUT2D eigenvalue weighted by molar-refractivity contribution is 5.72. The molecule has 1 aliphatic heterocycles. The first-order valence-electron chi connectivity index (χ1n) is 6.53. The Morgan fingerprint density at radius 3 is 2.16 bits per heavy atom. The van der Waals surface area contributed by atoms with Crippen molar-refractivity contribution < 1.29 is 4.74 Å². The lowest BCUT2D eigenvalue weighted by atomic mass is 9.96. The van der Waals surface area contributed by atoms with E-state index in [1.807, 2.05) is 31.3 Å². The van der Waals surface area contributed by atoms with Gasteiger partial charge in [0.15, 0.2) is 0 Å². The summed E-state index contributed by atoms with van der Waals surface area (Å²) in [6.45, 7) is 0. The first-order valence-corrected chi connectivity index (χ1v) is 6.53. The van der Waals surface area contributed by atoms with Gasteiger partial charge in [0.25, 0.3) is 0 Å². The summed E-state index contributed by atoms with van der Waals surface area (Å²) in [7, 11) is 1.91. The molecular formula is C17H17NO. The largest absolute Gasteiger partial charge is 0.347 e. The Labute approximate surface area is 113 Å². The predicted molar refractivity (Wildman–Crippen MR) is 77.5 cm³/mol. The minimum absolute atomic E-state index is 0.000972. The molecule has 0 aromatic heterocycles. The van der Waals surface area contributed by atoms with Gasteiger partial charge in [-0.05, 0) is 29.8 Å². The molecule has 96 valence electrons. The Balaban J connectivity index is 1.99. The summed E-state index contributed by atoms with van der Waals surface area (Å²) in [5, 5.41) is 3.16. The highest BCUT2D eigenvalue weighted by atomic mass is 16.5. The fraction of sp³-hybridized carbons (Fsp3) is 0.176. The standard InChI is InChI=1S/C17H17NO/c1-18-16-12-15(13-8-4-2-5-9-13)17(19-16)14-10-6-3-7-11-14/h2-12,16-18H,1H3. The van der Waals surface area contributed by atoms with Gasteiger partial charge in [-0.3, -0.25) is 5.32 Å². The van der Waals surface area contributed by atoms with E-state index in [0.29, 0.717) is 0 Å². The molecule has 0 fully saturated rings. The predicted octanol–water partition coefficient (Wildman–Crippen LogP) is 3.39. The molecule has 1 N–H and O–H groups in total. The minimum Gasteiger partial charge on any atom is -0.347 e. The zero-order valence-corrected chi connectivity index (χ0v) is 10.9. The molecule has 0 radical (unpaired) electrons. The van der Waals surface area contributed by atoms with Crippen molar-refractivity contribution in [3.05, 3.63) is 77.9 Å². The maximum atomic E-state index is 6.06. The van der Waals surface area contributed by atoms with E-state index in [2.05, 4.69) is 47.8 Å². The van der Waals surface area contributed by atoms with Gasteiger partial charge in [0.1, 0.15) is 12.3 Å². The molecule has 2 heteroatoms. The van der Waals surface area contributed by atoms with Gasteiger partial charge in [0.2, 0.25) is 0 Å². The van der Waals surface area contributed by atoms with Crippen LogP contribution in [0.5, 0.6) is 0 Å². The molecule has 0 amide bonds. The molecule has 2 aromatic rings. The van der Waals surface area contributed by atoms with Crippen molar-refractivity contribution in [3.63, 3.8) is 0 Å². The summed E-state index contributed by atoms with van der Waals surface area (Å²) in [6, 6.07) is 20.8. The molecule has 0 bridgehead atoms. The molecule has 2 nitrogen and oxygen atoms in total. The van der Waals surface area contributed by atoms with Crippen LogP contribution in [0.1, 0.15) is 17.2 Å². The van der Waals surface area contributed by atoms with Gasteiger partial charge >= 0.3 is 0 Å². The van der Waals surface area contributed by atoms with Crippen molar-refractivity contribution in [1.82, 2.24) is 5.32 Å². The first-order chi connectivity index (χ1) is 9.38. The molecule has 0 saturated heterocycles. The van der Waals surface area contributed by atoms with Crippen LogP contribution in [0.2, 0.25) is 0 Å². The topological polar surface area (TPSA) is 21.3 Å². The van der Waals surface area contributed by atoms with Gasteiger partial charge in [-0.1, -0.05) is 60.7 Å². The van der Waals surface area contributed by atoms with Crippen LogP contribution in [-0.4, -0.2) is 13.3 Å². The lowest BCUT2D eigenvalue weighted by Crippen LogP contribution is -2.23. The Bertz CT molecular complexity index is 562. The van der Waals surface area contributed by atoms with Crippen LogP contribution < -0.4 is 5.32 Å². The lowest BCUT2D eigenvalue weighted by molar-refractivity contribution is 0.0487. The number of hydrogen-bond acceptors (Lipinski definition) is 2. The SMILES string of the molecule is CNC1C=C(c2ccccc2)C(c2ccccc2)O1. The number of hydrogen-bond donors (Lipinski definition) is 1. The molecule has 0 aliphatic carbocycles. The van der Waals surface area contributed by atoms with Crippen molar-refractivity contribution in [2.75, 3.05) is 7.05 Å². The number of ether oxygens (including phenoxy) is 1. The van der Waals surface area contributed by atoms with Gasteiger partial charge in [-0.25, -0.2) is 0 Å². The van der Waals surface area contributed by atoms with Crippen LogP contribution in [0.3, 0.4) is 0 Å². The third-order valence-corrected chi connectivity index (χ3v) is 3.39. The summed E-state index contributed by atoms with van der Waals surface area (Å²) in [4.78, 5) is 0. The smallest absolute Gasteiger partial charge is 0.129 e. The zero-order valence-electron chi connectivity index (χ0n) is 10.9. The quantitative estimate of drug-likeness (QED) is 0.903. The van der Waals surface area contributed by atoms with Crippen LogP contribution >= 0.6 is 0 Å². The molecule has 2 atom stereocenters. The molecule has 0 spiro atoms. The van der Waals surface area contributed by atoms with E-state index >= 15 is 0 Å². The van der Waals surface area contributed by atoms with E-state index in [1.54, 1.807) is 0 Å². The first kappa shape index (κ1) is 12.2. The molecule has 1 heterocycles. The Morgan fingerprint density at radius 2 is 1.53 bits per heavy atom. The maximum absolute atomic E-state index is 6.06. The average Bonchev–Trinajstić information content (AvgIpc) is 2.93. The summed E-state index contributed by atoms with van der Waals surface area (Å²) in [5.74, 6) is 0. The van der Waals surface area contributed by atoms with Gasteiger partial charge in [-0.2, -0.15) is 0 Å². The molecule has 0 saturated carbocycles. The van der Waals surface area contributed by atoms with Crippen LogP contribution in [0.4, 0.5) is 0 Å². The fourth-order valence-corrected chi connectivity index (χ4v) is 2.43. The van der Waals surface area contributed by atoms with E-state index in [9.17, 15) is 0 Å². The normalized spacial score (nSPS) is 22.3. The number of rotatable bonds is 3. The van der Waals surface area contributed by atoms with Gasteiger partial charge in [0, 0.05) is 0 Å². The van der Waals surface area contributed by atoms with Crippen molar-refractivity contribution in [1.29, 1.82) is 0 Å². The van der Waals surface area contributed by atoms with Gasteiger partial charge in [0.05, 0.1) is 0 Å². The second-order valence-electron chi connectivity index (χ2n) is 4.62. The van der Waals surface area contributed by atoms with E-state index in [4.69, 9.17) is 4.74 Å².